The van der Waals surface area contributed by atoms with Gasteiger partial charge in [0.15, 0.2) is 4.34 Å². The minimum atomic E-state index is -3.71. The third-order valence-electron chi connectivity index (χ3n) is 3.80. The molecule has 1 N–H and O–H groups in total. The van der Waals surface area contributed by atoms with Crippen LogP contribution < -0.4 is 9.62 Å². The monoisotopic (exact) mass is 458 g/mol. The van der Waals surface area contributed by atoms with Crippen molar-refractivity contribution < 1.29 is 22.7 Å². The van der Waals surface area contributed by atoms with Crippen LogP contribution in [0.4, 0.5) is 10.8 Å². The van der Waals surface area contributed by atoms with Crippen molar-refractivity contribution in [2.45, 2.75) is 30.6 Å². The van der Waals surface area contributed by atoms with Gasteiger partial charge in [-0.3, -0.25) is 19.2 Å². The van der Waals surface area contributed by atoms with Gasteiger partial charge in [0.1, 0.15) is 6.04 Å². The van der Waals surface area contributed by atoms with Gasteiger partial charge in [0.25, 0.3) is 0 Å². The van der Waals surface area contributed by atoms with Crippen molar-refractivity contribution in [3.8, 4) is 0 Å². The Bertz CT molecular complexity index is 960. The first-order valence-electron chi connectivity index (χ1n) is 8.55. The molecule has 1 heterocycles. The molecule has 0 spiro atoms. The van der Waals surface area contributed by atoms with Crippen LogP contribution in [0.25, 0.3) is 0 Å². The van der Waals surface area contributed by atoms with Crippen LogP contribution >= 0.6 is 23.1 Å². The summed E-state index contributed by atoms with van der Waals surface area (Å²) in [5.41, 5.74) is 1.39. The zero-order chi connectivity index (χ0) is 21.6. The van der Waals surface area contributed by atoms with Gasteiger partial charge in [-0.1, -0.05) is 47.7 Å². The standard InChI is InChI=1S/C17H22N4O5S3/c1-5-13(21(29(4,24)25)12-8-6-11(2)7-9-12)15(23)18-16-19-20-17(28-16)27-10-14(22)26-3/h6-9,13H,5,10H2,1-4H3,(H,18,19,23)/t13-/m1/s1. The Hall–Kier alpha value is -2.18. The number of nitrogens with zero attached hydrogens (tertiary/aromatic N) is 3. The second-order valence-electron chi connectivity index (χ2n) is 6.05. The number of rotatable bonds is 9. The van der Waals surface area contributed by atoms with Crippen LogP contribution in [0.1, 0.15) is 18.9 Å². The van der Waals surface area contributed by atoms with Gasteiger partial charge >= 0.3 is 5.97 Å². The van der Waals surface area contributed by atoms with Gasteiger partial charge < -0.3 is 4.74 Å². The average Bonchev–Trinajstić information content (AvgIpc) is 3.11. The zero-order valence-electron chi connectivity index (χ0n) is 16.4. The number of hydrogen-bond acceptors (Lipinski definition) is 9. The number of ether oxygens (including phenoxy) is 1. The average molecular weight is 459 g/mol. The van der Waals surface area contributed by atoms with Gasteiger partial charge in [0.2, 0.25) is 21.1 Å². The lowest BCUT2D eigenvalue weighted by atomic mass is 10.1. The van der Waals surface area contributed by atoms with Gasteiger partial charge in [-0.25, -0.2) is 8.42 Å². The summed E-state index contributed by atoms with van der Waals surface area (Å²) >= 11 is 2.23. The quantitative estimate of drug-likeness (QED) is 0.345. The molecule has 0 aliphatic heterocycles. The van der Waals surface area contributed by atoms with Crippen LogP contribution in [0.3, 0.4) is 0 Å². The van der Waals surface area contributed by atoms with Crippen molar-refractivity contribution in [3.63, 3.8) is 0 Å². The molecule has 0 saturated carbocycles. The van der Waals surface area contributed by atoms with Crippen LogP contribution in [0, 0.1) is 6.92 Å². The highest BCUT2D eigenvalue weighted by molar-refractivity contribution is 8.01. The molecule has 9 nitrogen and oxygen atoms in total. The molecule has 0 aliphatic rings. The summed E-state index contributed by atoms with van der Waals surface area (Å²) < 4.78 is 31.0. The molecule has 0 aliphatic carbocycles. The van der Waals surface area contributed by atoms with Gasteiger partial charge in [0.05, 0.1) is 24.8 Å². The normalized spacial score (nSPS) is 12.3. The van der Waals surface area contributed by atoms with E-state index in [9.17, 15) is 18.0 Å². The number of sulfonamides is 1. The van der Waals surface area contributed by atoms with Crippen LogP contribution in [-0.4, -0.2) is 55.7 Å². The van der Waals surface area contributed by atoms with Gasteiger partial charge in [-0.05, 0) is 25.5 Å². The number of aryl methyl sites for hydroxylation is 1. The van der Waals surface area contributed by atoms with Crippen molar-refractivity contribution in [1.29, 1.82) is 0 Å². The zero-order valence-corrected chi connectivity index (χ0v) is 18.9. The molecule has 1 amide bonds. The molecule has 0 bridgehead atoms. The number of esters is 1. The van der Waals surface area contributed by atoms with Crippen molar-refractivity contribution in [2.75, 3.05) is 28.7 Å². The first kappa shape index (κ1) is 23.1. The van der Waals surface area contributed by atoms with E-state index in [1.165, 1.54) is 7.11 Å². The largest absolute Gasteiger partial charge is 0.468 e. The van der Waals surface area contributed by atoms with E-state index < -0.39 is 27.9 Å². The molecular weight excluding hydrogens is 436 g/mol. The Labute approximate surface area is 177 Å². The highest BCUT2D eigenvalue weighted by Crippen LogP contribution is 2.27. The Morgan fingerprint density at radius 2 is 1.93 bits per heavy atom. The van der Waals surface area contributed by atoms with Gasteiger partial charge in [-0.15, -0.1) is 10.2 Å². The maximum Gasteiger partial charge on any atom is 0.316 e. The van der Waals surface area contributed by atoms with Crippen molar-refractivity contribution in [2.24, 2.45) is 0 Å². The molecule has 12 heteroatoms. The highest BCUT2D eigenvalue weighted by Gasteiger charge is 2.32. The molecule has 158 valence electrons. The van der Waals surface area contributed by atoms with E-state index in [0.29, 0.717) is 10.0 Å². The van der Waals surface area contributed by atoms with E-state index in [1.807, 2.05) is 6.92 Å². The molecule has 0 unspecified atom stereocenters. The van der Waals surface area contributed by atoms with Crippen LogP contribution in [0.15, 0.2) is 28.6 Å². The van der Waals surface area contributed by atoms with Crippen molar-refractivity contribution >= 4 is 55.8 Å². The van der Waals surface area contributed by atoms with Crippen LogP contribution in [0.2, 0.25) is 0 Å². The topological polar surface area (TPSA) is 119 Å². The fourth-order valence-corrected chi connectivity index (χ4v) is 5.24. The molecule has 0 saturated heterocycles. The third kappa shape index (κ3) is 6.41. The lowest BCUT2D eigenvalue weighted by Crippen LogP contribution is -2.47. The third-order valence-corrected chi connectivity index (χ3v) is 6.92. The maximum atomic E-state index is 12.8. The molecule has 2 aromatic rings. The fourth-order valence-electron chi connectivity index (χ4n) is 2.44. The van der Waals surface area contributed by atoms with Crippen molar-refractivity contribution in [1.82, 2.24) is 10.2 Å². The minimum Gasteiger partial charge on any atom is -0.468 e. The molecule has 1 aromatic carbocycles. The number of carbonyl (C=O) groups excluding carboxylic acids is 2. The molecule has 0 fully saturated rings. The Balaban J connectivity index is 2.18. The maximum absolute atomic E-state index is 12.8. The summed E-state index contributed by atoms with van der Waals surface area (Å²) in [4.78, 5) is 24.0. The molecule has 2 rings (SSSR count). The van der Waals surface area contributed by atoms with Crippen LogP contribution in [0.5, 0.6) is 0 Å². The molecule has 29 heavy (non-hydrogen) atoms. The Kier molecular flexibility index (Phi) is 7.99. The summed E-state index contributed by atoms with van der Waals surface area (Å²) in [6.07, 6.45) is 1.32. The predicted octanol–water partition coefficient (Wildman–Crippen LogP) is 2.29. The molecule has 1 atom stereocenters. The summed E-state index contributed by atoms with van der Waals surface area (Å²) in [5, 5.41) is 10.6. The number of nitrogens with one attached hydrogen (secondary N) is 1. The Morgan fingerprint density at radius 3 is 2.48 bits per heavy atom. The molecular formula is C17H22N4O5S3. The second kappa shape index (κ2) is 10.0. The number of benzene rings is 1. The summed E-state index contributed by atoms with van der Waals surface area (Å²) in [6.45, 7) is 3.62. The minimum absolute atomic E-state index is 0.0753. The number of carbonyl (C=O) groups is 2. The number of amides is 1. The summed E-state index contributed by atoms with van der Waals surface area (Å²) in [5.74, 6) is -0.839. The number of aromatic nitrogens is 2. The van der Waals surface area contributed by atoms with E-state index in [4.69, 9.17) is 0 Å². The first-order valence-corrected chi connectivity index (χ1v) is 12.2. The lowest BCUT2D eigenvalue weighted by Gasteiger charge is -2.29. The Morgan fingerprint density at radius 1 is 1.28 bits per heavy atom. The highest BCUT2D eigenvalue weighted by atomic mass is 32.2. The van der Waals surface area contributed by atoms with Crippen molar-refractivity contribution in [3.05, 3.63) is 29.8 Å². The number of hydrogen-bond donors (Lipinski definition) is 1. The summed E-state index contributed by atoms with van der Waals surface area (Å²) in [7, 11) is -2.42. The number of methoxy groups -OCH3 is 1. The SMILES string of the molecule is CC[C@H](C(=O)Nc1nnc(SCC(=O)OC)s1)N(c1ccc(C)cc1)S(C)(=O)=O. The van der Waals surface area contributed by atoms with E-state index in [2.05, 4.69) is 20.3 Å². The number of thioether (sulfide) groups is 1. The molecule has 1 aromatic heterocycles. The van der Waals surface area contributed by atoms with E-state index in [0.717, 1.165) is 39.2 Å². The predicted molar refractivity (Wildman–Crippen MR) is 114 cm³/mol. The second-order valence-corrected chi connectivity index (χ2v) is 10.1. The lowest BCUT2D eigenvalue weighted by molar-refractivity contribution is -0.137. The summed E-state index contributed by atoms with van der Waals surface area (Å²) in [6, 6.07) is 5.95. The van der Waals surface area contributed by atoms with E-state index >= 15 is 0 Å². The first-order chi connectivity index (χ1) is 13.7. The molecule has 0 radical (unpaired) electrons. The van der Waals surface area contributed by atoms with Gasteiger partial charge in [-0.2, -0.15) is 0 Å². The van der Waals surface area contributed by atoms with Gasteiger partial charge in [0, 0.05) is 0 Å². The smallest absolute Gasteiger partial charge is 0.316 e. The van der Waals surface area contributed by atoms with Crippen LogP contribution in [-0.2, 0) is 24.3 Å². The van der Waals surface area contributed by atoms with E-state index in [-0.39, 0.29) is 17.3 Å². The fraction of sp³-hybridized carbons (Fsp3) is 0.412. The van der Waals surface area contributed by atoms with E-state index in [1.54, 1.807) is 31.2 Å². The number of anilines is 2.